The Morgan fingerprint density at radius 2 is 2.08 bits per heavy atom. The summed E-state index contributed by atoms with van der Waals surface area (Å²) in [4.78, 5) is 27.7. The van der Waals surface area contributed by atoms with E-state index in [1.807, 2.05) is 0 Å². The van der Waals surface area contributed by atoms with Crippen molar-refractivity contribution < 1.29 is 18.7 Å². The number of nitrogens with zero attached hydrogens (tertiary/aromatic N) is 1. The molecule has 1 aliphatic heterocycles. The van der Waals surface area contributed by atoms with Crippen molar-refractivity contribution in [3.8, 4) is 11.6 Å². The van der Waals surface area contributed by atoms with Crippen LogP contribution in [0.5, 0.6) is 11.6 Å². The fourth-order valence-electron chi connectivity index (χ4n) is 2.53. The minimum atomic E-state index is -0.712. The lowest BCUT2D eigenvalue weighted by Crippen LogP contribution is -2.40. The van der Waals surface area contributed by atoms with Crippen LogP contribution >= 0.6 is 0 Å². The number of carbonyl (C=O) groups excluding carboxylic acids is 2. The summed E-state index contributed by atoms with van der Waals surface area (Å²) in [5.41, 5.74) is 0.0940. The van der Waals surface area contributed by atoms with Crippen molar-refractivity contribution in [1.29, 1.82) is 0 Å². The van der Waals surface area contributed by atoms with Crippen LogP contribution in [-0.2, 0) is 16.1 Å². The highest BCUT2D eigenvalue weighted by molar-refractivity contribution is 5.92. The SMILES string of the molecule is CC1(C(=O)NCc2ccc(Oc3ccc(F)cc3)nc2)CNC(=O)C1. The van der Waals surface area contributed by atoms with Gasteiger partial charge in [-0.1, -0.05) is 6.07 Å². The van der Waals surface area contributed by atoms with E-state index < -0.39 is 5.41 Å². The molecule has 6 nitrogen and oxygen atoms in total. The largest absolute Gasteiger partial charge is 0.439 e. The summed E-state index contributed by atoms with van der Waals surface area (Å²) in [5, 5.41) is 5.49. The summed E-state index contributed by atoms with van der Waals surface area (Å²) in [6.45, 7) is 2.42. The van der Waals surface area contributed by atoms with Crippen molar-refractivity contribution in [2.45, 2.75) is 19.9 Å². The normalized spacial score (nSPS) is 19.4. The number of halogens is 1. The molecule has 2 N–H and O–H groups in total. The maximum atomic E-state index is 12.9. The molecule has 0 saturated carbocycles. The van der Waals surface area contributed by atoms with Crippen molar-refractivity contribution in [3.05, 3.63) is 54.0 Å². The lowest BCUT2D eigenvalue weighted by molar-refractivity contribution is -0.131. The highest BCUT2D eigenvalue weighted by Gasteiger charge is 2.40. The Morgan fingerprint density at radius 3 is 2.68 bits per heavy atom. The quantitative estimate of drug-likeness (QED) is 0.872. The maximum Gasteiger partial charge on any atom is 0.228 e. The van der Waals surface area contributed by atoms with Crippen LogP contribution in [-0.4, -0.2) is 23.3 Å². The topological polar surface area (TPSA) is 80.3 Å². The summed E-state index contributed by atoms with van der Waals surface area (Å²) >= 11 is 0. The van der Waals surface area contributed by atoms with Crippen LogP contribution in [0.4, 0.5) is 4.39 Å². The van der Waals surface area contributed by atoms with Gasteiger partial charge < -0.3 is 15.4 Å². The third kappa shape index (κ3) is 4.12. The molecule has 3 rings (SSSR count). The van der Waals surface area contributed by atoms with Crippen LogP contribution in [0.25, 0.3) is 0 Å². The van der Waals surface area contributed by atoms with E-state index in [1.165, 1.54) is 24.3 Å². The minimum absolute atomic E-state index is 0.110. The molecule has 2 amide bonds. The van der Waals surface area contributed by atoms with Crippen molar-refractivity contribution in [2.75, 3.05) is 6.54 Å². The van der Waals surface area contributed by atoms with Crippen LogP contribution in [0.1, 0.15) is 18.9 Å². The predicted octanol–water partition coefficient (Wildman–Crippen LogP) is 2.16. The second-order valence-electron chi connectivity index (χ2n) is 6.26. The number of nitrogens with one attached hydrogen (secondary N) is 2. The number of rotatable bonds is 5. The Bertz CT molecular complexity index is 777. The number of hydrogen-bond donors (Lipinski definition) is 2. The first-order valence-corrected chi connectivity index (χ1v) is 7.88. The van der Waals surface area contributed by atoms with Gasteiger partial charge in [-0.05, 0) is 36.8 Å². The van der Waals surface area contributed by atoms with Crippen molar-refractivity contribution in [1.82, 2.24) is 15.6 Å². The number of amides is 2. The van der Waals surface area contributed by atoms with Crippen LogP contribution in [0.3, 0.4) is 0 Å². The first-order chi connectivity index (χ1) is 11.9. The zero-order valence-corrected chi connectivity index (χ0v) is 13.7. The zero-order chi connectivity index (χ0) is 17.9. The Labute approximate surface area is 144 Å². The van der Waals surface area contributed by atoms with Crippen molar-refractivity contribution in [2.24, 2.45) is 5.41 Å². The third-order valence-corrected chi connectivity index (χ3v) is 4.06. The molecule has 1 fully saturated rings. The molecule has 0 aliphatic carbocycles. The molecule has 2 aromatic rings. The minimum Gasteiger partial charge on any atom is -0.439 e. The number of benzene rings is 1. The lowest BCUT2D eigenvalue weighted by Gasteiger charge is -2.20. The van der Waals surface area contributed by atoms with E-state index in [0.717, 1.165) is 5.56 Å². The Kier molecular flexibility index (Phi) is 4.65. The molecule has 25 heavy (non-hydrogen) atoms. The summed E-state index contributed by atoms with van der Waals surface area (Å²) in [6, 6.07) is 9.11. The monoisotopic (exact) mass is 343 g/mol. The number of ether oxygens (including phenoxy) is 1. The molecular weight excluding hydrogens is 325 g/mol. The van der Waals surface area contributed by atoms with Gasteiger partial charge in [-0.25, -0.2) is 9.37 Å². The fourth-order valence-corrected chi connectivity index (χ4v) is 2.53. The van der Waals surface area contributed by atoms with Crippen LogP contribution in [0.2, 0.25) is 0 Å². The van der Waals surface area contributed by atoms with Gasteiger partial charge in [0.25, 0.3) is 0 Å². The molecule has 1 aromatic carbocycles. The highest BCUT2D eigenvalue weighted by atomic mass is 19.1. The smallest absolute Gasteiger partial charge is 0.228 e. The first kappa shape index (κ1) is 16.9. The van der Waals surface area contributed by atoms with Crippen molar-refractivity contribution in [3.63, 3.8) is 0 Å². The molecule has 1 aromatic heterocycles. The molecule has 2 heterocycles. The van der Waals surface area contributed by atoms with Gasteiger partial charge in [0, 0.05) is 31.8 Å². The van der Waals surface area contributed by atoms with Gasteiger partial charge in [0.1, 0.15) is 11.6 Å². The predicted molar refractivity (Wildman–Crippen MR) is 88.3 cm³/mol. The standard InChI is InChI=1S/C18H18FN3O3/c1-18(8-15(23)22-11-18)17(24)21-10-12-2-7-16(20-9-12)25-14-5-3-13(19)4-6-14/h2-7,9H,8,10-11H2,1H3,(H,21,24)(H,22,23). The van der Waals surface area contributed by atoms with Crippen LogP contribution in [0.15, 0.2) is 42.6 Å². The first-order valence-electron chi connectivity index (χ1n) is 7.88. The molecule has 1 atom stereocenters. The number of pyridine rings is 1. The van der Waals surface area contributed by atoms with Crippen molar-refractivity contribution >= 4 is 11.8 Å². The van der Waals surface area contributed by atoms with Gasteiger partial charge in [0.2, 0.25) is 17.7 Å². The number of aromatic nitrogens is 1. The second kappa shape index (κ2) is 6.88. The Hall–Kier alpha value is -2.96. The van der Waals surface area contributed by atoms with Gasteiger partial charge in [-0.2, -0.15) is 0 Å². The second-order valence-corrected chi connectivity index (χ2v) is 6.26. The Balaban J connectivity index is 1.55. The summed E-state index contributed by atoms with van der Waals surface area (Å²) in [7, 11) is 0. The van der Waals surface area contributed by atoms with E-state index in [0.29, 0.717) is 24.7 Å². The summed E-state index contributed by atoms with van der Waals surface area (Å²) in [6.07, 6.45) is 1.79. The van der Waals surface area contributed by atoms with Gasteiger partial charge in [-0.3, -0.25) is 9.59 Å². The molecule has 1 saturated heterocycles. The third-order valence-electron chi connectivity index (χ3n) is 4.06. The Morgan fingerprint density at radius 1 is 1.32 bits per heavy atom. The van der Waals surface area contributed by atoms with Gasteiger partial charge in [0.05, 0.1) is 5.41 Å². The molecule has 0 bridgehead atoms. The average molecular weight is 343 g/mol. The molecule has 130 valence electrons. The zero-order valence-electron chi connectivity index (χ0n) is 13.7. The van der Waals surface area contributed by atoms with Gasteiger partial charge >= 0.3 is 0 Å². The number of hydrogen-bond acceptors (Lipinski definition) is 4. The molecular formula is C18H18FN3O3. The highest BCUT2D eigenvalue weighted by Crippen LogP contribution is 2.25. The van der Waals surface area contributed by atoms with Crippen LogP contribution < -0.4 is 15.4 Å². The van der Waals surface area contributed by atoms with E-state index in [-0.39, 0.29) is 24.1 Å². The molecule has 0 radical (unpaired) electrons. The van der Waals surface area contributed by atoms with Gasteiger partial charge in [-0.15, -0.1) is 0 Å². The van der Waals surface area contributed by atoms with E-state index in [4.69, 9.17) is 4.74 Å². The lowest BCUT2D eigenvalue weighted by atomic mass is 9.88. The molecule has 1 unspecified atom stereocenters. The van der Waals surface area contributed by atoms with Gasteiger partial charge in [0.15, 0.2) is 0 Å². The average Bonchev–Trinajstić information content (AvgIpc) is 2.96. The molecule has 1 aliphatic rings. The summed E-state index contributed by atoms with van der Waals surface area (Å²) in [5.74, 6) is 0.249. The molecule has 0 spiro atoms. The van der Waals surface area contributed by atoms with E-state index in [2.05, 4.69) is 15.6 Å². The summed E-state index contributed by atoms with van der Waals surface area (Å²) < 4.78 is 18.4. The maximum absolute atomic E-state index is 12.9. The van der Waals surface area contributed by atoms with Crippen LogP contribution in [0, 0.1) is 11.2 Å². The molecule has 7 heteroatoms. The number of carbonyl (C=O) groups is 2. The van der Waals surface area contributed by atoms with E-state index in [1.54, 1.807) is 25.3 Å². The fraction of sp³-hybridized carbons (Fsp3) is 0.278. The van der Waals surface area contributed by atoms with E-state index >= 15 is 0 Å². The van der Waals surface area contributed by atoms with E-state index in [9.17, 15) is 14.0 Å².